The van der Waals surface area contributed by atoms with Crippen molar-refractivity contribution in [3.63, 3.8) is 0 Å². The fraction of sp³-hybridized carbons (Fsp3) is 0.267. The van der Waals surface area contributed by atoms with Crippen molar-refractivity contribution in [2.75, 3.05) is 19.0 Å². The van der Waals surface area contributed by atoms with Gasteiger partial charge in [0.15, 0.2) is 10.1 Å². The smallest absolute Gasteiger partial charge is 0.206 e. The summed E-state index contributed by atoms with van der Waals surface area (Å²) in [6.45, 7) is 5.86. The second-order valence-electron chi connectivity index (χ2n) is 4.41. The van der Waals surface area contributed by atoms with Gasteiger partial charge in [0.05, 0.1) is 7.11 Å². The number of Topliss-reactive ketones (excluding diaryl/α,β-unsaturated/α-hetero) is 1. The van der Waals surface area contributed by atoms with Crippen LogP contribution in [0.4, 0.5) is 5.13 Å². The molecular weight excluding hydrogens is 318 g/mol. The van der Waals surface area contributed by atoms with Gasteiger partial charge in [-0.25, -0.2) is 0 Å². The highest BCUT2D eigenvalue weighted by Gasteiger charge is 2.10. The van der Waals surface area contributed by atoms with E-state index in [9.17, 15) is 4.79 Å². The van der Waals surface area contributed by atoms with Crippen LogP contribution in [0.1, 0.15) is 22.8 Å². The van der Waals surface area contributed by atoms with Crippen LogP contribution < -0.4 is 10.1 Å². The first-order valence-electron chi connectivity index (χ1n) is 6.63. The summed E-state index contributed by atoms with van der Waals surface area (Å²) in [5.74, 6) is 1.48. The maximum atomic E-state index is 11.5. The third-order valence-electron chi connectivity index (χ3n) is 2.84. The molecule has 1 heterocycles. The first kappa shape index (κ1) is 16.5. The Balaban J connectivity index is 2.06. The van der Waals surface area contributed by atoms with E-state index in [0.29, 0.717) is 17.9 Å². The van der Waals surface area contributed by atoms with Crippen LogP contribution in [0.25, 0.3) is 0 Å². The van der Waals surface area contributed by atoms with E-state index < -0.39 is 0 Å². The van der Waals surface area contributed by atoms with Crippen LogP contribution in [0.2, 0.25) is 0 Å². The van der Waals surface area contributed by atoms with Gasteiger partial charge in [0.2, 0.25) is 5.13 Å². The van der Waals surface area contributed by atoms with E-state index in [1.54, 1.807) is 37.9 Å². The Bertz CT molecular complexity index is 671. The molecule has 1 aromatic carbocycles. The molecule has 1 N–H and O–H groups in total. The predicted octanol–water partition coefficient (Wildman–Crippen LogP) is 3.64. The number of anilines is 1. The Kier molecular flexibility index (Phi) is 5.97. The molecule has 0 saturated heterocycles. The number of nitrogens with one attached hydrogen (secondary N) is 1. The van der Waals surface area contributed by atoms with Gasteiger partial charge in [-0.1, -0.05) is 29.2 Å². The number of carbonyl (C=O) groups is 1. The second kappa shape index (κ2) is 7.95. The summed E-state index contributed by atoms with van der Waals surface area (Å²) in [4.78, 5) is 11.5. The molecule has 5 nitrogen and oxygen atoms in total. The summed E-state index contributed by atoms with van der Waals surface area (Å²) in [5, 5.41) is 12.1. The molecule has 0 aliphatic rings. The van der Waals surface area contributed by atoms with Crippen molar-refractivity contribution in [2.45, 2.75) is 17.0 Å². The van der Waals surface area contributed by atoms with Crippen LogP contribution in [0, 0.1) is 0 Å². The lowest BCUT2D eigenvalue weighted by atomic mass is 10.1. The molecule has 22 heavy (non-hydrogen) atoms. The quantitative estimate of drug-likeness (QED) is 0.451. The Hall–Kier alpha value is -1.86. The fourth-order valence-corrected chi connectivity index (χ4v) is 3.49. The van der Waals surface area contributed by atoms with Gasteiger partial charge in [0, 0.05) is 23.4 Å². The normalized spacial score (nSPS) is 10.3. The monoisotopic (exact) mass is 335 g/mol. The number of ketones is 1. The zero-order chi connectivity index (χ0) is 15.9. The van der Waals surface area contributed by atoms with Crippen molar-refractivity contribution < 1.29 is 9.53 Å². The topological polar surface area (TPSA) is 64.1 Å². The van der Waals surface area contributed by atoms with Gasteiger partial charge in [-0.2, -0.15) is 0 Å². The Morgan fingerprint density at radius 2 is 2.32 bits per heavy atom. The van der Waals surface area contributed by atoms with Crippen LogP contribution >= 0.6 is 23.1 Å². The molecule has 116 valence electrons. The van der Waals surface area contributed by atoms with Crippen LogP contribution in [0.5, 0.6) is 5.75 Å². The second-order valence-corrected chi connectivity index (χ2v) is 6.61. The van der Waals surface area contributed by atoms with E-state index in [0.717, 1.165) is 20.8 Å². The van der Waals surface area contributed by atoms with Crippen molar-refractivity contribution in [3.8, 4) is 5.75 Å². The zero-order valence-electron chi connectivity index (χ0n) is 12.5. The summed E-state index contributed by atoms with van der Waals surface area (Å²) < 4.78 is 6.21. The summed E-state index contributed by atoms with van der Waals surface area (Å²) in [6, 6.07) is 5.47. The van der Waals surface area contributed by atoms with Gasteiger partial charge in [-0.15, -0.1) is 16.8 Å². The van der Waals surface area contributed by atoms with Crippen molar-refractivity contribution in [1.82, 2.24) is 10.2 Å². The van der Waals surface area contributed by atoms with Crippen LogP contribution in [-0.4, -0.2) is 29.6 Å². The average Bonchev–Trinajstić information content (AvgIpc) is 2.98. The minimum Gasteiger partial charge on any atom is -0.496 e. The van der Waals surface area contributed by atoms with E-state index in [4.69, 9.17) is 4.74 Å². The molecule has 0 amide bonds. The summed E-state index contributed by atoms with van der Waals surface area (Å²) in [5.41, 5.74) is 1.65. The number of nitrogens with zero attached hydrogens (tertiary/aromatic N) is 2. The van der Waals surface area contributed by atoms with E-state index in [-0.39, 0.29) is 5.78 Å². The molecule has 0 aliphatic carbocycles. The highest BCUT2D eigenvalue weighted by Crippen LogP contribution is 2.31. The minimum atomic E-state index is 0.0423. The van der Waals surface area contributed by atoms with Gasteiger partial charge in [0.1, 0.15) is 5.75 Å². The first-order chi connectivity index (χ1) is 10.6. The van der Waals surface area contributed by atoms with E-state index in [1.807, 2.05) is 12.1 Å². The standard InChI is InChI=1S/C15H17N3O2S2/c1-4-7-16-14-17-18-15(22-14)21-9-12-8-11(10(2)19)5-6-13(12)20-3/h4-6,8H,1,7,9H2,2-3H3,(H,16,17). The summed E-state index contributed by atoms with van der Waals surface area (Å²) >= 11 is 3.06. The third-order valence-corrected chi connectivity index (χ3v) is 4.91. The van der Waals surface area contributed by atoms with Crippen LogP contribution in [-0.2, 0) is 5.75 Å². The number of benzene rings is 1. The highest BCUT2D eigenvalue weighted by atomic mass is 32.2. The van der Waals surface area contributed by atoms with Crippen molar-refractivity contribution >= 4 is 34.0 Å². The lowest BCUT2D eigenvalue weighted by Crippen LogP contribution is -1.96. The fourth-order valence-electron chi connectivity index (χ4n) is 1.75. The van der Waals surface area contributed by atoms with Crippen molar-refractivity contribution in [2.24, 2.45) is 0 Å². The van der Waals surface area contributed by atoms with Crippen molar-refractivity contribution in [3.05, 3.63) is 42.0 Å². The lowest BCUT2D eigenvalue weighted by molar-refractivity contribution is 0.101. The molecule has 0 unspecified atom stereocenters. The van der Waals surface area contributed by atoms with Crippen LogP contribution in [0.15, 0.2) is 35.2 Å². The first-order valence-corrected chi connectivity index (χ1v) is 8.43. The van der Waals surface area contributed by atoms with E-state index in [2.05, 4.69) is 22.1 Å². The molecule has 0 spiro atoms. The molecule has 0 fully saturated rings. The van der Waals surface area contributed by atoms with Gasteiger partial charge in [-0.05, 0) is 25.1 Å². The maximum Gasteiger partial charge on any atom is 0.206 e. The third kappa shape index (κ3) is 4.32. The Morgan fingerprint density at radius 1 is 1.50 bits per heavy atom. The van der Waals surface area contributed by atoms with Crippen molar-refractivity contribution in [1.29, 1.82) is 0 Å². The average molecular weight is 335 g/mol. The molecule has 0 radical (unpaired) electrons. The molecule has 7 heteroatoms. The number of ether oxygens (including phenoxy) is 1. The highest BCUT2D eigenvalue weighted by molar-refractivity contribution is 8.00. The maximum absolute atomic E-state index is 11.5. The number of thioether (sulfide) groups is 1. The molecule has 2 aromatic rings. The van der Waals surface area contributed by atoms with Crippen LogP contribution in [0.3, 0.4) is 0 Å². The predicted molar refractivity (Wildman–Crippen MR) is 91.2 cm³/mol. The SMILES string of the molecule is C=CCNc1nnc(SCc2cc(C(C)=O)ccc2OC)s1. The van der Waals surface area contributed by atoms with Gasteiger partial charge < -0.3 is 10.1 Å². The Labute approximate surface area is 137 Å². The number of hydrogen-bond donors (Lipinski definition) is 1. The van der Waals surface area contributed by atoms with Gasteiger partial charge in [-0.3, -0.25) is 4.79 Å². The number of methoxy groups -OCH3 is 1. The number of carbonyl (C=O) groups excluding carboxylic acids is 1. The Morgan fingerprint density at radius 3 is 3.00 bits per heavy atom. The summed E-state index contributed by atoms with van der Waals surface area (Å²) in [6.07, 6.45) is 1.77. The zero-order valence-corrected chi connectivity index (χ0v) is 14.1. The number of aromatic nitrogens is 2. The molecule has 0 aliphatic heterocycles. The van der Waals surface area contributed by atoms with Gasteiger partial charge >= 0.3 is 0 Å². The molecule has 2 rings (SSSR count). The minimum absolute atomic E-state index is 0.0423. The lowest BCUT2D eigenvalue weighted by Gasteiger charge is -2.08. The summed E-state index contributed by atoms with van der Waals surface area (Å²) in [7, 11) is 1.62. The van der Waals surface area contributed by atoms with E-state index >= 15 is 0 Å². The number of hydrogen-bond acceptors (Lipinski definition) is 7. The molecule has 1 aromatic heterocycles. The number of rotatable bonds is 8. The molecule has 0 bridgehead atoms. The largest absolute Gasteiger partial charge is 0.496 e. The molecule has 0 saturated carbocycles. The molecular formula is C15H17N3O2S2. The molecule has 0 atom stereocenters. The van der Waals surface area contributed by atoms with Gasteiger partial charge in [0.25, 0.3) is 0 Å². The van der Waals surface area contributed by atoms with E-state index in [1.165, 1.54) is 11.3 Å².